The second-order valence-electron chi connectivity index (χ2n) is 5.63. The molecule has 2 atom stereocenters. The van der Waals surface area contributed by atoms with E-state index < -0.39 is 9.84 Å². The van der Waals surface area contributed by atoms with E-state index in [9.17, 15) is 13.5 Å². The second-order valence-corrected chi connectivity index (χ2v) is 7.85. The molecule has 1 N–H and O–H groups in total. The highest BCUT2D eigenvalue weighted by molar-refractivity contribution is 7.91. The number of aliphatic hydroxyl groups is 1. The summed E-state index contributed by atoms with van der Waals surface area (Å²) < 4.78 is 28.5. The lowest BCUT2D eigenvalue weighted by atomic mass is 9.86. The Morgan fingerprint density at radius 2 is 2.20 bits per heavy atom. The van der Waals surface area contributed by atoms with E-state index in [0.717, 1.165) is 16.9 Å². The molecule has 0 amide bonds. The first-order chi connectivity index (χ1) is 9.45. The number of methoxy groups -OCH3 is 1. The quantitative estimate of drug-likeness (QED) is 0.896. The highest BCUT2D eigenvalue weighted by atomic mass is 32.2. The first-order valence-corrected chi connectivity index (χ1v) is 8.72. The number of hydrogen-bond acceptors (Lipinski definition) is 4. The molecule has 0 saturated carbocycles. The summed E-state index contributed by atoms with van der Waals surface area (Å²) in [5.74, 6) is 1.28. The van der Waals surface area contributed by atoms with Crippen LogP contribution in [-0.2, 0) is 16.3 Å². The van der Waals surface area contributed by atoms with Gasteiger partial charge in [0.1, 0.15) is 5.75 Å². The van der Waals surface area contributed by atoms with Gasteiger partial charge < -0.3 is 9.84 Å². The van der Waals surface area contributed by atoms with Crippen LogP contribution in [0.5, 0.6) is 5.75 Å². The van der Waals surface area contributed by atoms with E-state index in [1.807, 2.05) is 25.1 Å². The summed E-state index contributed by atoms with van der Waals surface area (Å²) in [6, 6.07) is 5.95. The van der Waals surface area contributed by atoms with Gasteiger partial charge in [-0.3, -0.25) is 0 Å². The summed E-state index contributed by atoms with van der Waals surface area (Å²) >= 11 is 0. The van der Waals surface area contributed by atoms with Crippen LogP contribution in [-0.4, -0.2) is 38.7 Å². The minimum Gasteiger partial charge on any atom is -0.496 e. The molecule has 0 radical (unpaired) electrons. The Bertz CT molecular complexity index is 565. The first-order valence-electron chi connectivity index (χ1n) is 6.90. The smallest absolute Gasteiger partial charge is 0.150 e. The molecule has 1 saturated heterocycles. The molecule has 0 spiro atoms. The predicted molar refractivity (Wildman–Crippen MR) is 78.8 cm³/mol. The van der Waals surface area contributed by atoms with Gasteiger partial charge >= 0.3 is 0 Å². The minimum absolute atomic E-state index is 0.0112. The SMILES string of the molecule is COc1ccc(C)cc1CC(CO)C1CCS(=O)(=O)C1. The number of aliphatic hydroxyl groups excluding tert-OH is 1. The molecule has 5 heteroatoms. The topological polar surface area (TPSA) is 63.6 Å². The Balaban J connectivity index is 2.16. The maximum absolute atomic E-state index is 11.6. The van der Waals surface area contributed by atoms with E-state index in [1.165, 1.54) is 0 Å². The average molecular weight is 298 g/mol. The van der Waals surface area contributed by atoms with E-state index in [1.54, 1.807) is 7.11 Å². The molecule has 0 aromatic heterocycles. The van der Waals surface area contributed by atoms with Crippen molar-refractivity contribution < 1.29 is 18.3 Å². The van der Waals surface area contributed by atoms with Gasteiger partial charge in [-0.25, -0.2) is 8.42 Å². The molecule has 2 rings (SSSR count). The lowest BCUT2D eigenvalue weighted by molar-refractivity contribution is 0.183. The fourth-order valence-electron chi connectivity index (χ4n) is 2.93. The molecule has 1 heterocycles. The molecule has 2 unspecified atom stereocenters. The van der Waals surface area contributed by atoms with Crippen molar-refractivity contribution in [2.24, 2.45) is 11.8 Å². The van der Waals surface area contributed by atoms with Crippen LogP contribution in [0.2, 0.25) is 0 Å². The zero-order valence-electron chi connectivity index (χ0n) is 12.0. The van der Waals surface area contributed by atoms with Gasteiger partial charge in [-0.1, -0.05) is 17.7 Å². The Hall–Kier alpha value is -1.07. The maximum atomic E-state index is 11.6. The van der Waals surface area contributed by atoms with Crippen LogP contribution in [0, 0.1) is 18.8 Å². The third kappa shape index (κ3) is 3.52. The van der Waals surface area contributed by atoms with E-state index in [0.29, 0.717) is 12.8 Å². The minimum atomic E-state index is -2.91. The van der Waals surface area contributed by atoms with Gasteiger partial charge in [-0.2, -0.15) is 0 Å². The number of sulfone groups is 1. The van der Waals surface area contributed by atoms with Crippen LogP contribution >= 0.6 is 0 Å². The van der Waals surface area contributed by atoms with Crippen molar-refractivity contribution >= 4 is 9.84 Å². The average Bonchev–Trinajstić information content (AvgIpc) is 2.76. The molecule has 1 aliphatic heterocycles. The standard InChI is InChI=1S/C15H22O4S/c1-11-3-4-15(19-2)13(7-11)8-14(9-16)12-5-6-20(17,18)10-12/h3-4,7,12,14,16H,5-6,8-10H2,1-2H3. The van der Waals surface area contributed by atoms with Crippen LogP contribution in [0.1, 0.15) is 17.5 Å². The lowest BCUT2D eigenvalue weighted by Crippen LogP contribution is -2.22. The van der Waals surface area contributed by atoms with Crippen LogP contribution in [0.25, 0.3) is 0 Å². The van der Waals surface area contributed by atoms with Gasteiger partial charge in [-0.05, 0) is 43.2 Å². The molecule has 1 fully saturated rings. The van der Waals surface area contributed by atoms with E-state index in [-0.39, 0.29) is 29.9 Å². The Morgan fingerprint density at radius 1 is 1.45 bits per heavy atom. The van der Waals surface area contributed by atoms with E-state index in [4.69, 9.17) is 4.74 Å². The maximum Gasteiger partial charge on any atom is 0.150 e. The molecule has 1 aromatic carbocycles. The predicted octanol–water partition coefficient (Wildman–Crippen LogP) is 1.59. The van der Waals surface area contributed by atoms with Crippen molar-refractivity contribution in [3.05, 3.63) is 29.3 Å². The number of ether oxygens (including phenoxy) is 1. The summed E-state index contributed by atoms with van der Waals surface area (Å²) in [4.78, 5) is 0. The van der Waals surface area contributed by atoms with Crippen molar-refractivity contribution in [1.82, 2.24) is 0 Å². The van der Waals surface area contributed by atoms with Crippen LogP contribution in [0.4, 0.5) is 0 Å². The van der Waals surface area contributed by atoms with Crippen LogP contribution < -0.4 is 4.74 Å². The van der Waals surface area contributed by atoms with Crippen molar-refractivity contribution in [2.75, 3.05) is 25.2 Å². The molecular formula is C15H22O4S. The third-order valence-corrected chi connectivity index (χ3v) is 5.88. The molecule has 1 aliphatic rings. The zero-order chi connectivity index (χ0) is 14.8. The second kappa shape index (κ2) is 6.14. The van der Waals surface area contributed by atoms with Crippen LogP contribution in [0.15, 0.2) is 18.2 Å². The summed E-state index contributed by atoms with van der Waals surface area (Å²) in [6.07, 6.45) is 1.31. The van der Waals surface area contributed by atoms with Crippen LogP contribution in [0.3, 0.4) is 0 Å². The molecule has 0 aliphatic carbocycles. The highest BCUT2D eigenvalue weighted by Gasteiger charge is 2.33. The van der Waals surface area contributed by atoms with E-state index in [2.05, 4.69) is 0 Å². The molecule has 0 bridgehead atoms. The zero-order valence-corrected chi connectivity index (χ0v) is 12.8. The van der Waals surface area contributed by atoms with Crippen molar-refractivity contribution in [3.63, 3.8) is 0 Å². The molecule has 112 valence electrons. The number of aryl methyl sites for hydroxylation is 1. The molecular weight excluding hydrogens is 276 g/mol. The lowest BCUT2D eigenvalue weighted by Gasteiger charge is -2.21. The largest absolute Gasteiger partial charge is 0.496 e. The Kier molecular flexibility index (Phi) is 4.70. The number of hydrogen-bond donors (Lipinski definition) is 1. The van der Waals surface area contributed by atoms with Gasteiger partial charge in [0.15, 0.2) is 9.84 Å². The normalized spacial score (nSPS) is 22.6. The molecule has 4 nitrogen and oxygen atoms in total. The van der Waals surface area contributed by atoms with Crippen molar-refractivity contribution in [3.8, 4) is 5.75 Å². The van der Waals surface area contributed by atoms with Gasteiger partial charge in [0, 0.05) is 6.61 Å². The first kappa shape index (κ1) is 15.3. The summed E-state index contributed by atoms with van der Waals surface area (Å²) in [6.45, 7) is 2.02. The van der Waals surface area contributed by atoms with E-state index >= 15 is 0 Å². The molecule has 1 aromatic rings. The van der Waals surface area contributed by atoms with Gasteiger partial charge in [-0.15, -0.1) is 0 Å². The van der Waals surface area contributed by atoms with Gasteiger partial charge in [0.25, 0.3) is 0 Å². The fourth-order valence-corrected chi connectivity index (χ4v) is 4.84. The Morgan fingerprint density at radius 3 is 2.75 bits per heavy atom. The highest BCUT2D eigenvalue weighted by Crippen LogP contribution is 2.31. The van der Waals surface area contributed by atoms with Gasteiger partial charge in [0.2, 0.25) is 0 Å². The summed E-state index contributed by atoms with van der Waals surface area (Å²) in [5.41, 5.74) is 2.17. The Labute approximate surface area is 120 Å². The summed E-state index contributed by atoms with van der Waals surface area (Å²) in [5, 5.41) is 9.62. The van der Waals surface area contributed by atoms with Crippen molar-refractivity contribution in [1.29, 1.82) is 0 Å². The summed E-state index contributed by atoms with van der Waals surface area (Å²) in [7, 11) is -1.28. The molecule has 20 heavy (non-hydrogen) atoms. The third-order valence-electron chi connectivity index (χ3n) is 4.09. The number of benzene rings is 1. The van der Waals surface area contributed by atoms with Gasteiger partial charge in [0.05, 0.1) is 18.6 Å². The fraction of sp³-hybridized carbons (Fsp3) is 0.600. The number of rotatable bonds is 5. The van der Waals surface area contributed by atoms with Crippen molar-refractivity contribution in [2.45, 2.75) is 19.8 Å². The monoisotopic (exact) mass is 298 g/mol.